The standard InChI is InChI=1S/C30H34N2O5/c1-7-31(8-2)26(34)22-18-24(33)19(3)25(20-14-10-9-11-15-20)30(22)21-16-12-13-17-23(21)32(27(30)35)28(36)37-29(4,5)6/h9-17,22,25H,3,7-8,18H2,1-2,4-6H3/t22-,25-,30-/m0/s1. The van der Waals surface area contributed by atoms with E-state index in [1.807, 2.05) is 44.2 Å². The number of hydrogen-bond donors (Lipinski definition) is 0. The lowest BCUT2D eigenvalue weighted by molar-refractivity contribution is -0.146. The van der Waals surface area contributed by atoms with Crippen LogP contribution in [0.15, 0.2) is 66.7 Å². The number of anilines is 1. The van der Waals surface area contributed by atoms with Crippen LogP contribution in [0, 0.1) is 5.92 Å². The number of carbonyl (C=O) groups excluding carboxylic acids is 4. The number of fused-ring (bicyclic) bond motifs is 2. The number of ketones is 1. The van der Waals surface area contributed by atoms with Gasteiger partial charge in [-0.2, -0.15) is 0 Å². The first-order chi connectivity index (χ1) is 17.5. The lowest BCUT2D eigenvalue weighted by atomic mass is 9.53. The predicted octanol–water partition coefficient (Wildman–Crippen LogP) is 5.00. The lowest BCUT2D eigenvalue weighted by Gasteiger charge is -2.47. The first kappa shape index (κ1) is 26.3. The van der Waals surface area contributed by atoms with Crippen LogP contribution in [0.4, 0.5) is 10.5 Å². The van der Waals surface area contributed by atoms with Gasteiger partial charge in [-0.15, -0.1) is 0 Å². The summed E-state index contributed by atoms with van der Waals surface area (Å²) in [6, 6.07) is 16.2. The Morgan fingerprint density at radius 2 is 1.62 bits per heavy atom. The van der Waals surface area contributed by atoms with Crippen LogP contribution in [0.2, 0.25) is 0 Å². The van der Waals surface area contributed by atoms with Crippen molar-refractivity contribution in [1.82, 2.24) is 4.90 Å². The minimum absolute atomic E-state index is 0.167. The second kappa shape index (κ2) is 9.61. The molecule has 7 heteroatoms. The molecule has 2 aromatic rings. The molecule has 1 spiro atoms. The van der Waals surface area contributed by atoms with Gasteiger partial charge >= 0.3 is 6.09 Å². The van der Waals surface area contributed by atoms with Crippen molar-refractivity contribution >= 4 is 29.4 Å². The van der Waals surface area contributed by atoms with Crippen molar-refractivity contribution in [2.24, 2.45) is 5.92 Å². The predicted molar refractivity (Wildman–Crippen MR) is 141 cm³/mol. The van der Waals surface area contributed by atoms with Crippen molar-refractivity contribution in [3.05, 3.63) is 77.9 Å². The SMILES string of the molecule is C=C1C(=O)C[C@@H](C(=O)N(CC)CC)[C@]2(C(=O)N(C(=O)OC(C)(C)C)c3ccccc32)[C@@H]1c1ccccc1. The lowest BCUT2D eigenvalue weighted by Crippen LogP contribution is -2.59. The molecule has 37 heavy (non-hydrogen) atoms. The molecule has 0 radical (unpaired) electrons. The normalized spacial score (nSPS) is 23.3. The number of benzene rings is 2. The van der Waals surface area contributed by atoms with E-state index < -0.39 is 34.9 Å². The first-order valence-electron chi connectivity index (χ1n) is 12.7. The summed E-state index contributed by atoms with van der Waals surface area (Å²) in [5.41, 5.74) is -0.555. The van der Waals surface area contributed by atoms with E-state index in [4.69, 9.17) is 4.74 Å². The minimum Gasteiger partial charge on any atom is -0.443 e. The van der Waals surface area contributed by atoms with Gasteiger partial charge in [-0.25, -0.2) is 9.69 Å². The van der Waals surface area contributed by atoms with E-state index in [9.17, 15) is 19.2 Å². The van der Waals surface area contributed by atoms with Gasteiger partial charge in [0.1, 0.15) is 11.0 Å². The number of amides is 3. The molecule has 0 saturated heterocycles. The second-order valence-corrected chi connectivity index (χ2v) is 10.6. The second-order valence-electron chi connectivity index (χ2n) is 10.6. The third-order valence-corrected chi connectivity index (χ3v) is 7.33. The Labute approximate surface area is 218 Å². The zero-order chi connectivity index (χ0) is 27.1. The maximum absolute atomic E-state index is 14.7. The summed E-state index contributed by atoms with van der Waals surface area (Å²) in [4.78, 5) is 58.3. The number of hydrogen-bond acceptors (Lipinski definition) is 5. The van der Waals surface area contributed by atoms with Crippen molar-refractivity contribution in [3.8, 4) is 0 Å². The number of Topliss-reactive ketones (excluding diaryl/α,β-unsaturated/α-hetero) is 1. The van der Waals surface area contributed by atoms with Gasteiger partial charge in [-0.05, 0) is 57.4 Å². The van der Waals surface area contributed by atoms with E-state index in [2.05, 4.69) is 6.58 Å². The molecule has 1 heterocycles. The zero-order valence-corrected chi connectivity index (χ0v) is 22.1. The number of allylic oxidation sites excluding steroid dienone is 1. The summed E-state index contributed by atoms with van der Waals surface area (Å²) < 4.78 is 5.64. The van der Waals surface area contributed by atoms with Gasteiger partial charge in [0.25, 0.3) is 0 Å². The summed E-state index contributed by atoms with van der Waals surface area (Å²) in [5.74, 6) is -2.97. The zero-order valence-electron chi connectivity index (χ0n) is 22.1. The van der Waals surface area contributed by atoms with Crippen molar-refractivity contribution in [2.75, 3.05) is 18.0 Å². The van der Waals surface area contributed by atoms with E-state index >= 15 is 0 Å². The van der Waals surface area contributed by atoms with E-state index in [1.165, 1.54) is 0 Å². The highest BCUT2D eigenvalue weighted by atomic mass is 16.6. The van der Waals surface area contributed by atoms with E-state index in [1.54, 1.807) is 49.9 Å². The van der Waals surface area contributed by atoms with Crippen LogP contribution in [0.25, 0.3) is 0 Å². The van der Waals surface area contributed by atoms with Crippen molar-refractivity contribution in [3.63, 3.8) is 0 Å². The number of carbonyl (C=O) groups is 4. The third kappa shape index (κ3) is 4.16. The monoisotopic (exact) mass is 502 g/mol. The summed E-state index contributed by atoms with van der Waals surface area (Å²) >= 11 is 0. The smallest absolute Gasteiger partial charge is 0.421 e. The molecule has 0 bridgehead atoms. The molecule has 1 saturated carbocycles. The van der Waals surface area contributed by atoms with E-state index in [0.717, 1.165) is 4.90 Å². The molecule has 7 nitrogen and oxygen atoms in total. The van der Waals surface area contributed by atoms with Crippen LogP contribution < -0.4 is 4.90 Å². The molecule has 3 atom stereocenters. The molecule has 4 rings (SSSR count). The Hall–Kier alpha value is -3.74. The molecule has 0 N–H and O–H groups in total. The largest absolute Gasteiger partial charge is 0.443 e. The van der Waals surface area contributed by atoms with Gasteiger partial charge < -0.3 is 9.64 Å². The van der Waals surface area contributed by atoms with Crippen LogP contribution in [0.5, 0.6) is 0 Å². The molecule has 1 fully saturated rings. The van der Waals surface area contributed by atoms with Gasteiger partial charge in [0.15, 0.2) is 5.78 Å². The van der Waals surface area contributed by atoms with E-state index in [-0.39, 0.29) is 23.7 Å². The van der Waals surface area contributed by atoms with Crippen LogP contribution in [-0.2, 0) is 24.5 Å². The molecule has 0 aromatic heterocycles. The van der Waals surface area contributed by atoms with Crippen molar-refractivity contribution in [2.45, 2.75) is 58.0 Å². The van der Waals surface area contributed by atoms with Crippen LogP contribution >= 0.6 is 0 Å². The highest BCUT2D eigenvalue weighted by Crippen LogP contribution is 2.60. The Balaban J connectivity index is 2.04. The molecule has 2 aromatic carbocycles. The molecule has 1 aliphatic carbocycles. The summed E-state index contributed by atoms with van der Waals surface area (Å²) in [7, 11) is 0. The third-order valence-electron chi connectivity index (χ3n) is 7.33. The Kier molecular flexibility index (Phi) is 6.84. The van der Waals surface area contributed by atoms with Crippen LogP contribution in [0.3, 0.4) is 0 Å². The Morgan fingerprint density at radius 1 is 1.03 bits per heavy atom. The average Bonchev–Trinajstić information content (AvgIpc) is 3.10. The fraction of sp³-hybridized carbons (Fsp3) is 0.400. The first-order valence-corrected chi connectivity index (χ1v) is 12.7. The number of rotatable bonds is 4. The average molecular weight is 503 g/mol. The molecule has 194 valence electrons. The maximum Gasteiger partial charge on any atom is 0.421 e. The molecule has 2 aliphatic rings. The van der Waals surface area contributed by atoms with E-state index in [0.29, 0.717) is 29.9 Å². The summed E-state index contributed by atoms with van der Waals surface area (Å²) in [6.45, 7) is 13.9. The highest BCUT2D eigenvalue weighted by Gasteiger charge is 2.67. The van der Waals surface area contributed by atoms with Crippen LogP contribution in [0.1, 0.15) is 58.1 Å². The Bertz CT molecular complexity index is 1260. The summed E-state index contributed by atoms with van der Waals surface area (Å²) in [5, 5.41) is 0. The maximum atomic E-state index is 14.7. The van der Waals surface area contributed by atoms with Gasteiger partial charge in [0.05, 0.1) is 11.6 Å². The number of ether oxygens (including phenoxy) is 1. The van der Waals surface area contributed by atoms with Gasteiger partial charge in [-0.1, -0.05) is 55.1 Å². The van der Waals surface area contributed by atoms with Gasteiger partial charge in [-0.3, -0.25) is 14.4 Å². The molecule has 1 aliphatic heterocycles. The molecule has 3 amide bonds. The number of para-hydroxylation sites is 1. The topological polar surface area (TPSA) is 84.0 Å². The highest BCUT2D eigenvalue weighted by molar-refractivity contribution is 6.24. The van der Waals surface area contributed by atoms with Gasteiger partial charge in [0, 0.05) is 25.4 Å². The quantitative estimate of drug-likeness (QED) is 0.549. The number of imide groups is 1. The minimum atomic E-state index is -1.54. The fourth-order valence-corrected chi connectivity index (χ4v) is 5.79. The fourth-order valence-electron chi connectivity index (χ4n) is 5.79. The molecular weight excluding hydrogens is 468 g/mol. The van der Waals surface area contributed by atoms with Crippen LogP contribution in [-0.4, -0.2) is 47.3 Å². The molecule has 0 unspecified atom stereocenters. The molecular formula is C30H34N2O5. The summed E-state index contributed by atoms with van der Waals surface area (Å²) in [6.07, 6.45) is -0.982. The van der Waals surface area contributed by atoms with Gasteiger partial charge in [0.2, 0.25) is 11.8 Å². The van der Waals surface area contributed by atoms with Crippen molar-refractivity contribution < 1.29 is 23.9 Å². The van der Waals surface area contributed by atoms with Crippen molar-refractivity contribution in [1.29, 1.82) is 0 Å². The number of nitrogens with zero attached hydrogens (tertiary/aromatic N) is 2. The Morgan fingerprint density at radius 3 is 2.22 bits per heavy atom.